The molecule has 0 saturated carbocycles. The Kier molecular flexibility index (Phi) is 6.58. The average molecular weight is 485 g/mol. The maximum Gasteiger partial charge on any atom is 0.328 e. The van der Waals surface area contributed by atoms with E-state index in [2.05, 4.69) is 4.98 Å². The first kappa shape index (κ1) is 25.0. The molecule has 0 bridgehead atoms. The van der Waals surface area contributed by atoms with Crippen LogP contribution in [0.1, 0.15) is 63.0 Å². The van der Waals surface area contributed by atoms with Crippen LogP contribution < -0.4 is 0 Å². The molecule has 2 N–H and O–H groups in total. The number of allylic oxidation sites excluding steroid dienone is 1. The molecule has 2 heterocycles. The minimum atomic E-state index is -1.59. The predicted molar refractivity (Wildman–Crippen MR) is 132 cm³/mol. The van der Waals surface area contributed by atoms with Gasteiger partial charge < -0.3 is 10.1 Å². The fraction of sp³-hybridized carbons (Fsp3) is 0.393. The van der Waals surface area contributed by atoms with E-state index >= 15 is 8.78 Å². The maximum absolute atomic E-state index is 15.8. The molecular formula is C28H31F3N2O2. The van der Waals surface area contributed by atoms with Crippen molar-refractivity contribution < 1.29 is 23.1 Å². The third-order valence-corrected chi connectivity index (χ3v) is 6.66. The van der Waals surface area contributed by atoms with Gasteiger partial charge in [0.2, 0.25) is 0 Å². The first-order valence-electron chi connectivity index (χ1n) is 11.9. The van der Waals surface area contributed by atoms with Gasteiger partial charge in [0.25, 0.3) is 0 Å². The summed E-state index contributed by atoms with van der Waals surface area (Å²) in [5, 5.41) is 10.2. The number of aromatic nitrogens is 1. The van der Waals surface area contributed by atoms with E-state index < -0.39 is 29.3 Å². The number of carboxylic acids is 1. The number of carbonyl (C=O) groups is 1. The first-order valence-corrected chi connectivity index (χ1v) is 11.9. The summed E-state index contributed by atoms with van der Waals surface area (Å²) in [6, 6.07) is 9.05. The Bertz CT molecular complexity index is 1280. The summed E-state index contributed by atoms with van der Waals surface area (Å²) in [6.45, 7) is 8.38. The molecule has 1 aliphatic rings. The number of benzene rings is 2. The van der Waals surface area contributed by atoms with Gasteiger partial charge in [-0.3, -0.25) is 4.90 Å². The maximum atomic E-state index is 15.8. The molecule has 1 aromatic heterocycles. The van der Waals surface area contributed by atoms with E-state index in [0.29, 0.717) is 17.7 Å². The van der Waals surface area contributed by atoms with Crippen molar-refractivity contribution in [2.75, 3.05) is 6.54 Å². The van der Waals surface area contributed by atoms with Gasteiger partial charge in [0.15, 0.2) is 0 Å². The van der Waals surface area contributed by atoms with Crippen molar-refractivity contribution in [1.82, 2.24) is 9.88 Å². The number of para-hydroxylation sites is 1. The van der Waals surface area contributed by atoms with Gasteiger partial charge in [-0.2, -0.15) is 0 Å². The lowest BCUT2D eigenvalue weighted by Gasteiger charge is -2.43. The monoisotopic (exact) mass is 484 g/mol. The van der Waals surface area contributed by atoms with Crippen LogP contribution in [-0.4, -0.2) is 39.2 Å². The van der Waals surface area contributed by atoms with Crippen molar-refractivity contribution in [1.29, 1.82) is 0 Å². The van der Waals surface area contributed by atoms with Gasteiger partial charge >= 0.3 is 5.97 Å². The van der Waals surface area contributed by atoms with Gasteiger partial charge in [-0.15, -0.1) is 0 Å². The Balaban J connectivity index is 1.94. The highest BCUT2D eigenvalue weighted by molar-refractivity contribution is 5.90. The minimum Gasteiger partial charge on any atom is -0.478 e. The van der Waals surface area contributed by atoms with Crippen molar-refractivity contribution in [2.45, 2.75) is 58.8 Å². The number of nitrogens with one attached hydrogen (secondary N) is 1. The number of aliphatic carboxylic acids is 1. The number of aromatic amines is 1. The van der Waals surface area contributed by atoms with Crippen LogP contribution >= 0.6 is 0 Å². The van der Waals surface area contributed by atoms with Gasteiger partial charge in [0.05, 0.1) is 6.04 Å². The third kappa shape index (κ3) is 4.87. The number of H-pyrrole nitrogens is 1. The van der Waals surface area contributed by atoms with Crippen LogP contribution in [0.4, 0.5) is 13.2 Å². The summed E-state index contributed by atoms with van der Waals surface area (Å²) < 4.78 is 46.5. The van der Waals surface area contributed by atoms with E-state index in [0.717, 1.165) is 22.5 Å². The Morgan fingerprint density at radius 1 is 1.23 bits per heavy atom. The lowest BCUT2D eigenvalue weighted by molar-refractivity contribution is -0.131. The second-order valence-corrected chi connectivity index (χ2v) is 10.4. The Hall–Kier alpha value is -3.06. The molecule has 4 nitrogen and oxygen atoms in total. The largest absolute Gasteiger partial charge is 0.478 e. The first-order chi connectivity index (χ1) is 16.4. The average Bonchev–Trinajstić information content (AvgIpc) is 3.10. The van der Waals surface area contributed by atoms with Gasteiger partial charge in [-0.05, 0) is 68.0 Å². The Labute approximate surface area is 203 Å². The van der Waals surface area contributed by atoms with Crippen LogP contribution in [0.15, 0.2) is 42.5 Å². The number of nitrogens with zero attached hydrogens (tertiary/aromatic N) is 1. The lowest BCUT2D eigenvalue weighted by Crippen LogP contribution is -2.48. The van der Waals surface area contributed by atoms with E-state index in [4.69, 9.17) is 0 Å². The summed E-state index contributed by atoms with van der Waals surface area (Å²) in [7, 11) is 0. The highest BCUT2D eigenvalue weighted by Crippen LogP contribution is 2.43. The number of fused-ring (bicyclic) bond motifs is 3. The molecule has 4 rings (SSSR count). The fourth-order valence-corrected chi connectivity index (χ4v) is 5.23. The number of hydrogen-bond acceptors (Lipinski definition) is 2. The van der Waals surface area contributed by atoms with Crippen LogP contribution in [-0.2, 0) is 11.2 Å². The van der Waals surface area contributed by atoms with E-state index in [1.807, 2.05) is 36.1 Å². The van der Waals surface area contributed by atoms with E-state index in [1.54, 1.807) is 13.8 Å². The van der Waals surface area contributed by atoms with E-state index in [9.17, 15) is 14.3 Å². The molecule has 35 heavy (non-hydrogen) atoms. The van der Waals surface area contributed by atoms with E-state index in [-0.39, 0.29) is 29.6 Å². The van der Waals surface area contributed by atoms with Crippen molar-refractivity contribution in [2.24, 2.45) is 5.92 Å². The molecule has 2 atom stereocenters. The number of halogens is 3. The standard InChI is InChI=1S/C28H31F3N2O2/c1-15(2)19(13-24(34)35)17-11-21(29)25(22(30)12-17)27-26-20(18-8-6-7-9-23(18)32-26)10-16(3)33(27)14-28(4,5)31/h6-9,11-13,15-16,27,32H,10,14H2,1-5H3,(H,34,35)/b19-13+/t16-,27-/m1/s1. The highest BCUT2D eigenvalue weighted by Gasteiger charge is 2.41. The smallest absolute Gasteiger partial charge is 0.328 e. The van der Waals surface area contributed by atoms with Crippen molar-refractivity contribution in [3.05, 3.63) is 76.5 Å². The summed E-state index contributed by atoms with van der Waals surface area (Å²) >= 11 is 0. The zero-order valence-corrected chi connectivity index (χ0v) is 20.6. The second-order valence-electron chi connectivity index (χ2n) is 10.4. The summed E-state index contributed by atoms with van der Waals surface area (Å²) in [5.74, 6) is -3.02. The lowest BCUT2D eigenvalue weighted by atomic mass is 9.86. The number of alkyl halides is 1. The van der Waals surface area contributed by atoms with Gasteiger partial charge in [-0.25, -0.2) is 18.0 Å². The van der Waals surface area contributed by atoms with Crippen LogP contribution in [0, 0.1) is 17.6 Å². The number of hydrogen-bond donors (Lipinski definition) is 2. The fourth-order valence-electron chi connectivity index (χ4n) is 5.23. The topological polar surface area (TPSA) is 56.3 Å². The van der Waals surface area contributed by atoms with Crippen LogP contribution in [0.2, 0.25) is 0 Å². The highest BCUT2D eigenvalue weighted by atomic mass is 19.1. The Morgan fingerprint density at radius 3 is 2.43 bits per heavy atom. The van der Waals surface area contributed by atoms with Crippen molar-refractivity contribution in [3.8, 4) is 0 Å². The quantitative estimate of drug-likeness (QED) is 0.385. The van der Waals surface area contributed by atoms with Gasteiger partial charge in [0, 0.05) is 40.8 Å². The minimum absolute atomic E-state index is 0.00949. The molecule has 0 aliphatic carbocycles. The third-order valence-electron chi connectivity index (χ3n) is 6.66. The molecule has 0 spiro atoms. The van der Waals surface area contributed by atoms with Gasteiger partial charge in [0.1, 0.15) is 17.3 Å². The molecule has 7 heteroatoms. The molecule has 0 saturated heterocycles. The van der Waals surface area contributed by atoms with Crippen LogP contribution in [0.3, 0.4) is 0 Å². The second kappa shape index (κ2) is 9.19. The van der Waals surface area contributed by atoms with Gasteiger partial charge in [-0.1, -0.05) is 32.0 Å². The molecule has 3 aromatic rings. The summed E-state index contributed by atoms with van der Waals surface area (Å²) in [5.41, 5.74) is 1.24. The molecule has 186 valence electrons. The zero-order chi connectivity index (χ0) is 25.7. The van der Waals surface area contributed by atoms with Crippen LogP contribution in [0.25, 0.3) is 16.5 Å². The molecule has 1 aliphatic heterocycles. The molecular weight excluding hydrogens is 453 g/mol. The zero-order valence-electron chi connectivity index (χ0n) is 20.6. The normalized spacial score (nSPS) is 19.4. The molecule has 2 aromatic carbocycles. The van der Waals surface area contributed by atoms with Crippen molar-refractivity contribution in [3.63, 3.8) is 0 Å². The SMILES string of the molecule is CC(C)/C(=C\C(=O)O)c1cc(F)c([C@@H]2c3[nH]c4ccccc4c3C[C@@H](C)N2CC(C)(C)F)c(F)c1. The summed E-state index contributed by atoms with van der Waals surface area (Å²) in [4.78, 5) is 16.5. The number of carboxylic acid groups (broad SMARTS) is 1. The molecule has 0 fully saturated rings. The molecule has 0 amide bonds. The molecule has 0 radical (unpaired) electrons. The Morgan fingerprint density at radius 2 is 1.86 bits per heavy atom. The number of rotatable bonds is 6. The predicted octanol–water partition coefficient (Wildman–Crippen LogP) is 6.65. The van der Waals surface area contributed by atoms with Crippen LogP contribution in [0.5, 0.6) is 0 Å². The summed E-state index contributed by atoms with van der Waals surface area (Å²) in [6.07, 6.45) is 1.60. The van der Waals surface area contributed by atoms with Crippen molar-refractivity contribution >= 4 is 22.4 Å². The van der Waals surface area contributed by atoms with E-state index in [1.165, 1.54) is 26.0 Å². The molecule has 0 unspecified atom stereocenters.